The lowest BCUT2D eigenvalue weighted by Gasteiger charge is -2.27. The molecule has 9 heteroatoms. The van der Waals surface area contributed by atoms with Crippen LogP contribution in [0.1, 0.15) is 6.42 Å². The molecule has 3 fully saturated rings. The summed E-state index contributed by atoms with van der Waals surface area (Å²) in [7, 11) is 0. The van der Waals surface area contributed by atoms with Crippen LogP contribution in [-0.4, -0.2) is 27.7 Å². The van der Waals surface area contributed by atoms with Gasteiger partial charge in [0, 0.05) is 18.1 Å². The molecule has 0 aromatic heterocycles. The van der Waals surface area contributed by atoms with E-state index in [4.69, 9.17) is 4.74 Å². The van der Waals surface area contributed by atoms with E-state index in [-0.39, 0.29) is 34.1 Å². The number of nitrogens with one attached hydrogen (secondary N) is 1. The van der Waals surface area contributed by atoms with Gasteiger partial charge in [-0.25, -0.2) is 4.39 Å². The first kappa shape index (κ1) is 15.5. The quantitative estimate of drug-likeness (QED) is 0.364. The van der Waals surface area contributed by atoms with Crippen LogP contribution in [0.4, 0.5) is 15.8 Å². The minimum atomic E-state index is -0.764. The molecule has 0 unspecified atom stereocenters. The highest BCUT2D eigenvalue weighted by atomic mass is 79.9. The Hall–Kier alpha value is -2.03. The first-order chi connectivity index (χ1) is 11.4. The number of fused-ring (bicyclic) bond motifs is 1. The second kappa shape index (κ2) is 5.23. The van der Waals surface area contributed by atoms with Crippen molar-refractivity contribution in [3.63, 3.8) is 0 Å². The molecule has 1 heterocycles. The molecule has 2 saturated carbocycles. The molecule has 4 rings (SSSR count). The molecule has 7 nitrogen and oxygen atoms in total. The van der Waals surface area contributed by atoms with E-state index in [1.807, 2.05) is 0 Å². The Morgan fingerprint density at radius 2 is 2.17 bits per heavy atom. The molecule has 0 radical (unpaired) electrons. The number of carbonyl (C=O) groups excluding carboxylic acids is 2. The average Bonchev–Trinajstić information content (AvgIpc) is 3.13. The van der Waals surface area contributed by atoms with Crippen molar-refractivity contribution in [2.24, 2.45) is 23.7 Å². The first-order valence-electron chi connectivity index (χ1n) is 7.48. The number of nitro benzene ring substituents is 1. The van der Waals surface area contributed by atoms with E-state index < -0.39 is 34.5 Å². The SMILES string of the molecule is O=C(Nc1cc([N+](=O)[O-])ccc1F)[C@@H]1[C@H]2C[C@H]3[C@H](OC(=O)[C@H]31)[C@H]2Br. The van der Waals surface area contributed by atoms with E-state index in [0.717, 1.165) is 18.2 Å². The fraction of sp³-hybridized carbons (Fsp3) is 0.467. The summed E-state index contributed by atoms with van der Waals surface area (Å²) in [5, 5.41) is 13.2. The highest BCUT2D eigenvalue weighted by Crippen LogP contribution is 2.60. The molecule has 1 aliphatic heterocycles. The van der Waals surface area contributed by atoms with Gasteiger partial charge in [-0.3, -0.25) is 19.7 Å². The molecule has 1 aromatic carbocycles. The zero-order valence-electron chi connectivity index (χ0n) is 12.1. The second-order valence-corrected chi connectivity index (χ2v) is 7.43. The van der Waals surface area contributed by atoms with Crippen molar-refractivity contribution in [3.05, 3.63) is 34.1 Å². The lowest BCUT2D eigenvalue weighted by atomic mass is 9.79. The average molecular weight is 399 g/mol. The number of anilines is 1. The first-order valence-corrected chi connectivity index (χ1v) is 8.39. The van der Waals surface area contributed by atoms with Crippen LogP contribution in [0.15, 0.2) is 18.2 Å². The molecule has 126 valence electrons. The number of nitrogens with zero attached hydrogens (tertiary/aromatic N) is 1. The molecule has 3 aliphatic rings. The summed E-state index contributed by atoms with van der Waals surface area (Å²) in [5.74, 6) is -2.88. The maximum atomic E-state index is 13.9. The van der Waals surface area contributed by atoms with E-state index >= 15 is 0 Å². The Morgan fingerprint density at radius 3 is 2.88 bits per heavy atom. The smallest absolute Gasteiger partial charge is 0.310 e. The predicted molar refractivity (Wildman–Crippen MR) is 82.9 cm³/mol. The number of hydrogen-bond acceptors (Lipinski definition) is 5. The molecule has 1 aromatic rings. The standard InChI is InChI=1S/C15H12BrFN2O5/c16-12-6-4-7-11(15(21)24-13(7)12)10(6)14(20)18-9-3-5(19(22)23)1-2-8(9)17/h1-3,6-7,10-13H,4H2,(H,18,20)/t6-,7-,10-,11-,12+,13+/m1/s1. The van der Waals surface area contributed by atoms with Crippen molar-refractivity contribution in [2.75, 3.05) is 5.32 Å². The van der Waals surface area contributed by atoms with Gasteiger partial charge < -0.3 is 10.1 Å². The third-order valence-electron chi connectivity index (χ3n) is 5.24. The third kappa shape index (κ3) is 2.07. The molecular weight excluding hydrogens is 387 g/mol. The third-order valence-corrected chi connectivity index (χ3v) is 6.44. The van der Waals surface area contributed by atoms with E-state index in [0.29, 0.717) is 6.42 Å². The maximum Gasteiger partial charge on any atom is 0.310 e. The molecule has 6 atom stereocenters. The van der Waals surface area contributed by atoms with Gasteiger partial charge in [0.05, 0.1) is 27.3 Å². The van der Waals surface area contributed by atoms with Crippen LogP contribution in [0.2, 0.25) is 0 Å². The van der Waals surface area contributed by atoms with Crippen LogP contribution < -0.4 is 5.32 Å². The van der Waals surface area contributed by atoms with Gasteiger partial charge in [0.2, 0.25) is 5.91 Å². The Balaban J connectivity index is 1.60. The Morgan fingerprint density at radius 1 is 1.42 bits per heavy atom. The zero-order chi connectivity index (χ0) is 17.2. The van der Waals surface area contributed by atoms with E-state index in [2.05, 4.69) is 21.2 Å². The van der Waals surface area contributed by atoms with Gasteiger partial charge >= 0.3 is 5.97 Å². The summed E-state index contributed by atoms with van der Waals surface area (Å²) in [5.41, 5.74) is -0.579. The summed E-state index contributed by atoms with van der Waals surface area (Å²) in [4.78, 5) is 34.7. The molecule has 1 N–H and O–H groups in total. The van der Waals surface area contributed by atoms with E-state index in [1.165, 1.54) is 0 Å². The number of amides is 1. The van der Waals surface area contributed by atoms with Gasteiger partial charge in [-0.05, 0) is 18.4 Å². The molecule has 24 heavy (non-hydrogen) atoms. The van der Waals surface area contributed by atoms with Gasteiger partial charge in [-0.1, -0.05) is 15.9 Å². The number of ether oxygens (including phenoxy) is 1. The van der Waals surface area contributed by atoms with Crippen LogP contribution >= 0.6 is 15.9 Å². The van der Waals surface area contributed by atoms with Crippen LogP contribution in [-0.2, 0) is 14.3 Å². The predicted octanol–water partition coefficient (Wildman–Crippen LogP) is 2.24. The summed E-state index contributed by atoms with van der Waals surface area (Å²) in [6, 6.07) is 2.93. The topological polar surface area (TPSA) is 98.5 Å². The van der Waals surface area contributed by atoms with Crippen molar-refractivity contribution in [3.8, 4) is 0 Å². The number of rotatable bonds is 3. The number of non-ortho nitro benzene ring substituents is 1. The van der Waals surface area contributed by atoms with Crippen LogP contribution in [0.3, 0.4) is 0 Å². The van der Waals surface area contributed by atoms with Crippen LogP contribution in [0.25, 0.3) is 0 Å². The maximum absolute atomic E-state index is 13.9. The lowest BCUT2D eigenvalue weighted by Crippen LogP contribution is -2.40. The minimum Gasteiger partial charge on any atom is -0.461 e. The van der Waals surface area contributed by atoms with Crippen molar-refractivity contribution >= 4 is 39.2 Å². The number of halogens is 2. The van der Waals surface area contributed by atoms with Crippen molar-refractivity contribution < 1.29 is 23.6 Å². The van der Waals surface area contributed by atoms with Crippen LogP contribution in [0, 0.1) is 39.6 Å². The molecule has 2 aliphatic carbocycles. The van der Waals surface area contributed by atoms with E-state index in [1.54, 1.807) is 0 Å². The molecular formula is C15H12BrFN2O5. The monoisotopic (exact) mass is 398 g/mol. The summed E-state index contributed by atoms with van der Waals surface area (Å²) in [6.07, 6.45) is 0.498. The minimum absolute atomic E-state index is 0.00224. The molecule has 1 saturated heterocycles. The van der Waals surface area contributed by atoms with Crippen molar-refractivity contribution in [1.82, 2.24) is 0 Å². The van der Waals surface area contributed by atoms with Crippen molar-refractivity contribution in [1.29, 1.82) is 0 Å². The van der Waals surface area contributed by atoms with E-state index in [9.17, 15) is 24.1 Å². The number of hydrogen-bond donors (Lipinski definition) is 1. The Labute approximate surface area is 143 Å². The summed E-state index contributed by atoms with van der Waals surface area (Å²) in [6.45, 7) is 0. The van der Waals surface area contributed by atoms with Gasteiger partial charge in [0.25, 0.3) is 5.69 Å². The number of alkyl halides is 1. The molecule has 2 bridgehead atoms. The fourth-order valence-corrected chi connectivity index (χ4v) is 5.31. The van der Waals surface area contributed by atoms with Gasteiger partial charge in [-0.15, -0.1) is 0 Å². The number of benzene rings is 1. The lowest BCUT2D eigenvalue weighted by molar-refractivity contribution is -0.384. The van der Waals surface area contributed by atoms with Gasteiger partial charge in [0.15, 0.2) is 0 Å². The molecule has 0 spiro atoms. The highest BCUT2D eigenvalue weighted by Gasteiger charge is 2.67. The van der Waals surface area contributed by atoms with Gasteiger partial charge in [-0.2, -0.15) is 0 Å². The highest BCUT2D eigenvalue weighted by molar-refractivity contribution is 9.09. The van der Waals surface area contributed by atoms with Crippen molar-refractivity contribution in [2.45, 2.75) is 17.4 Å². The van der Waals surface area contributed by atoms with Crippen LogP contribution in [0.5, 0.6) is 0 Å². The molecule has 1 amide bonds. The second-order valence-electron chi connectivity index (χ2n) is 6.37. The zero-order valence-corrected chi connectivity index (χ0v) is 13.7. The summed E-state index contributed by atoms with van der Waals surface area (Å²) < 4.78 is 19.2. The normalized spacial score (nSPS) is 35.8. The summed E-state index contributed by atoms with van der Waals surface area (Å²) >= 11 is 3.49. The Kier molecular flexibility index (Phi) is 3.38. The fourth-order valence-electron chi connectivity index (χ4n) is 4.27. The Bertz CT molecular complexity index is 772. The number of esters is 1. The largest absolute Gasteiger partial charge is 0.461 e. The number of nitro groups is 1. The van der Waals surface area contributed by atoms with Gasteiger partial charge in [0.1, 0.15) is 11.9 Å². The number of carbonyl (C=O) groups is 2.